The van der Waals surface area contributed by atoms with E-state index in [2.05, 4.69) is 28.7 Å². The molecule has 1 aliphatic heterocycles. The Labute approximate surface area is 125 Å². The molecule has 2 aliphatic rings. The highest BCUT2D eigenvalue weighted by atomic mass is 16.5. The maximum atomic E-state index is 12.4. The molecule has 1 fully saturated rings. The molecule has 1 saturated heterocycles. The minimum Gasteiger partial charge on any atom is -0.363 e. The number of benzene rings is 1. The zero-order chi connectivity index (χ0) is 14.7. The van der Waals surface area contributed by atoms with Gasteiger partial charge in [-0.2, -0.15) is 0 Å². The van der Waals surface area contributed by atoms with Crippen molar-refractivity contribution in [3.8, 4) is 12.3 Å². The molecule has 0 radical (unpaired) electrons. The van der Waals surface area contributed by atoms with Crippen molar-refractivity contribution in [2.24, 2.45) is 0 Å². The number of carbonyl (C=O) groups excluding carboxylic acids is 1. The highest BCUT2D eigenvalue weighted by Gasteiger charge is 2.35. The maximum absolute atomic E-state index is 12.4. The fourth-order valence-electron chi connectivity index (χ4n) is 3.20. The third kappa shape index (κ3) is 2.94. The first-order chi connectivity index (χ1) is 10.3. The molecule has 0 aromatic heterocycles. The van der Waals surface area contributed by atoms with Crippen LogP contribution in [-0.2, 0) is 16.0 Å². The van der Waals surface area contributed by atoms with Crippen LogP contribution in [0.5, 0.6) is 0 Å². The second-order valence-electron chi connectivity index (χ2n) is 5.59. The first kappa shape index (κ1) is 14.1. The zero-order valence-electron chi connectivity index (χ0n) is 12.0. The summed E-state index contributed by atoms with van der Waals surface area (Å²) in [5, 5.41) is 6.37. The first-order valence-corrected chi connectivity index (χ1v) is 7.46. The van der Waals surface area contributed by atoms with Crippen LogP contribution in [0.1, 0.15) is 30.0 Å². The Morgan fingerprint density at radius 3 is 3.10 bits per heavy atom. The first-order valence-electron chi connectivity index (χ1n) is 7.46. The molecule has 0 spiro atoms. The van der Waals surface area contributed by atoms with E-state index in [4.69, 9.17) is 11.2 Å². The second-order valence-corrected chi connectivity index (χ2v) is 5.59. The molecule has 110 valence electrons. The minimum atomic E-state index is -0.107. The SMILES string of the molecule is C#CCO[C@H]1Cc2ccccc2[C@@H]1NC(=O)C1CCCN1. The predicted octanol–water partition coefficient (Wildman–Crippen LogP) is 1.17. The molecule has 0 saturated carbocycles. The Morgan fingerprint density at radius 1 is 1.48 bits per heavy atom. The predicted molar refractivity (Wildman–Crippen MR) is 80.6 cm³/mol. The molecule has 4 heteroatoms. The largest absolute Gasteiger partial charge is 0.363 e. The van der Waals surface area contributed by atoms with E-state index in [9.17, 15) is 4.79 Å². The van der Waals surface area contributed by atoms with Gasteiger partial charge in [0, 0.05) is 6.42 Å². The van der Waals surface area contributed by atoms with E-state index in [0.29, 0.717) is 0 Å². The number of terminal acetylenes is 1. The van der Waals surface area contributed by atoms with Crippen LogP contribution in [0.3, 0.4) is 0 Å². The normalized spacial score (nSPS) is 27.1. The summed E-state index contributed by atoms with van der Waals surface area (Å²) >= 11 is 0. The summed E-state index contributed by atoms with van der Waals surface area (Å²) in [6.45, 7) is 1.18. The molecule has 2 N–H and O–H groups in total. The average Bonchev–Trinajstić information content (AvgIpc) is 3.14. The van der Waals surface area contributed by atoms with Crippen LogP contribution < -0.4 is 10.6 Å². The van der Waals surface area contributed by atoms with E-state index in [0.717, 1.165) is 31.4 Å². The molecule has 1 aromatic carbocycles. The molecular formula is C17H20N2O2. The van der Waals surface area contributed by atoms with Gasteiger partial charge in [0.15, 0.2) is 0 Å². The fraction of sp³-hybridized carbons (Fsp3) is 0.471. The van der Waals surface area contributed by atoms with E-state index in [1.807, 2.05) is 12.1 Å². The Hall–Kier alpha value is -1.83. The second kappa shape index (κ2) is 6.30. The van der Waals surface area contributed by atoms with Crippen molar-refractivity contribution in [3.63, 3.8) is 0 Å². The standard InChI is InChI=1S/C17H20N2O2/c1-2-10-21-15-11-12-6-3-4-7-13(12)16(15)19-17(20)14-8-5-9-18-14/h1,3-4,6-7,14-16,18H,5,8-11H2,(H,19,20)/t14?,15-,16-/m0/s1. The van der Waals surface area contributed by atoms with Gasteiger partial charge in [-0.15, -0.1) is 6.42 Å². The highest BCUT2D eigenvalue weighted by Crippen LogP contribution is 2.33. The lowest BCUT2D eigenvalue weighted by molar-refractivity contribution is -0.124. The monoisotopic (exact) mass is 284 g/mol. The molecule has 21 heavy (non-hydrogen) atoms. The van der Waals surface area contributed by atoms with Gasteiger partial charge in [0.05, 0.1) is 18.2 Å². The van der Waals surface area contributed by atoms with Crippen molar-refractivity contribution < 1.29 is 9.53 Å². The van der Waals surface area contributed by atoms with Gasteiger partial charge < -0.3 is 15.4 Å². The van der Waals surface area contributed by atoms with Gasteiger partial charge in [-0.3, -0.25) is 4.79 Å². The Bertz CT molecular complexity index is 558. The van der Waals surface area contributed by atoms with E-state index >= 15 is 0 Å². The summed E-state index contributed by atoms with van der Waals surface area (Å²) in [6, 6.07) is 7.97. The number of amides is 1. The van der Waals surface area contributed by atoms with Gasteiger partial charge in [-0.25, -0.2) is 0 Å². The Kier molecular flexibility index (Phi) is 4.23. The number of carbonyl (C=O) groups is 1. The summed E-state index contributed by atoms with van der Waals surface area (Å²) in [5.41, 5.74) is 2.37. The number of nitrogens with one attached hydrogen (secondary N) is 2. The maximum Gasteiger partial charge on any atom is 0.237 e. The van der Waals surface area contributed by atoms with Crippen molar-refractivity contribution in [2.45, 2.75) is 37.5 Å². The van der Waals surface area contributed by atoms with Crippen LogP contribution in [0, 0.1) is 12.3 Å². The molecule has 4 nitrogen and oxygen atoms in total. The molecule has 0 bridgehead atoms. The number of hydrogen-bond donors (Lipinski definition) is 2. The molecular weight excluding hydrogens is 264 g/mol. The number of ether oxygens (including phenoxy) is 1. The molecule has 3 rings (SSSR count). The Balaban J connectivity index is 1.75. The average molecular weight is 284 g/mol. The van der Waals surface area contributed by atoms with Gasteiger partial charge in [-0.05, 0) is 30.5 Å². The summed E-state index contributed by atoms with van der Waals surface area (Å²) in [5.74, 6) is 2.56. The number of fused-ring (bicyclic) bond motifs is 1. The van der Waals surface area contributed by atoms with Crippen molar-refractivity contribution in [1.82, 2.24) is 10.6 Å². The van der Waals surface area contributed by atoms with Crippen molar-refractivity contribution in [2.75, 3.05) is 13.2 Å². The number of hydrogen-bond acceptors (Lipinski definition) is 3. The third-order valence-electron chi connectivity index (χ3n) is 4.24. The van der Waals surface area contributed by atoms with E-state index in [-0.39, 0.29) is 30.7 Å². The third-order valence-corrected chi connectivity index (χ3v) is 4.24. The molecule has 1 aromatic rings. The fourth-order valence-corrected chi connectivity index (χ4v) is 3.20. The van der Waals surface area contributed by atoms with E-state index in [1.54, 1.807) is 0 Å². The number of rotatable bonds is 4. The van der Waals surface area contributed by atoms with Crippen molar-refractivity contribution in [1.29, 1.82) is 0 Å². The van der Waals surface area contributed by atoms with Crippen LogP contribution in [0.25, 0.3) is 0 Å². The van der Waals surface area contributed by atoms with Crippen molar-refractivity contribution >= 4 is 5.91 Å². The van der Waals surface area contributed by atoms with Crippen LogP contribution >= 0.6 is 0 Å². The lowest BCUT2D eigenvalue weighted by Gasteiger charge is -2.23. The topological polar surface area (TPSA) is 50.4 Å². The zero-order valence-corrected chi connectivity index (χ0v) is 12.0. The van der Waals surface area contributed by atoms with Gasteiger partial charge in [-0.1, -0.05) is 30.2 Å². The lowest BCUT2D eigenvalue weighted by atomic mass is 10.1. The lowest BCUT2D eigenvalue weighted by Crippen LogP contribution is -2.44. The molecule has 1 unspecified atom stereocenters. The van der Waals surface area contributed by atoms with E-state index in [1.165, 1.54) is 5.56 Å². The van der Waals surface area contributed by atoms with E-state index < -0.39 is 0 Å². The van der Waals surface area contributed by atoms with Crippen molar-refractivity contribution in [3.05, 3.63) is 35.4 Å². The summed E-state index contributed by atoms with van der Waals surface area (Å²) in [7, 11) is 0. The quantitative estimate of drug-likeness (QED) is 0.816. The smallest absolute Gasteiger partial charge is 0.237 e. The van der Waals surface area contributed by atoms with Gasteiger partial charge in [0.25, 0.3) is 0 Å². The highest BCUT2D eigenvalue weighted by molar-refractivity contribution is 5.82. The van der Waals surface area contributed by atoms with Crippen LogP contribution in [0.4, 0.5) is 0 Å². The minimum absolute atomic E-state index is 0.0588. The molecule has 1 heterocycles. The summed E-state index contributed by atoms with van der Waals surface area (Å²) in [4.78, 5) is 12.4. The molecule has 1 amide bonds. The van der Waals surface area contributed by atoms with Crippen LogP contribution in [0.2, 0.25) is 0 Å². The summed E-state index contributed by atoms with van der Waals surface area (Å²) in [6.07, 6.45) is 7.95. The van der Waals surface area contributed by atoms with Gasteiger partial charge in [0.1, 0.15) is 6.61 Å². The molecule has 3 atom stereocenters. The molecule has 1 aliphatic carbocycles. The summed E-state index contributed by atoms with van der Waals surface area (Å²) < 4.78 is 5.74. The Morgan fingerprint density at radius 2 is 2.33 bits per heavy atom. The van der Waals surface area contributed by atoms with Crippen LogP contribution in [0.15, 0.2) is 24.3 Å². The van der Waals surface area contributed by atoms with Gasteiger partial charge >= 0.3 is 0 Å². The van der Waals surface area contributed by atoms with Crippen LogP contribution in [-0.4, -0.2) is 31.2 Å². The van der Waals surface area contributed by atoms with Gasteiger partial charge in [0.2, 0.25) is 5.91 Å².